The summed E-state index contributed by atoms with van der Waals surface area (Å²) in [7, 11) is 0. The first-order valence-electron chi connectivity index (χ1n) is 3.62. The van der Waals surface area contributed by atoms with E-state index in [2.05, 4.69) is 37.8 Å². The molecule has 2 heteroatoms. The Bertz CT molecular complexity index is 256. The Labute approximate surface area is 73.0 Å². The van der Waals surface area contributed by atoms with Crippen LogP contribution in [-0.2, 0) is 0 Å². The van der Waals surface area contributed by atoms with Gasteiger partial charge in [0.25, 0.3) is 0 Å². The van der Waals surface area contributed by atoms with Gasteiger partial charge in [0, 0.05) is 0 Å². The van der Waals surface area contributed by atoms with Crippen molar-refractivity contribution >= 4 is 12.6 Å². The zero-order chi connectivity index (χ0) is 8.43. The standard InChI is InChI=1S/C9H13NS/c1-6-3-4-7(2)8(5-6)9(10)11/h3-5,9,11H,10H2,1-2H3. The van der Waals surface area contributed by atoms with Crippen LogP contribution >= 0.6 is 12.6 Å². The van der Waals surface area contributed by atoms with Gasteiger partial charge in [0.15, 0.2) is 0 Å². The lowest BCUT2D eigenvalue weighted by molar-refractivity contribution is 1.02. The minimum Gasteiger partial charge on any atom is -0.316 e. The summed E-state index contributed by atoms with van der Waals surface area (Å²) in [6.07, 6.45) is 0. The van der Waals surface area contributed by atoms with Crippen LogP contribution in [0, 0.1) is 13.8 Å². The fraction of sp³-hybridized carbons (Fsp3) is 0.333. The van der Waals surface area contributed by atoms with Gasteiger partial charge in [-0.2, -0.15) is 12.6 Å². The van der Waals surface area contributed by atoms with E-state index in [0.717, 1.165) is 5.56 Å². The largest absolute Gasteiger partial charge is 0.316 e. The molecule has 1 rings (SSSR count). The Balaban J connectivity index is 3.13. The average molecular weight is 167 g/mol. The van der Waals surface area contributed by atoms with Crippen LogP contribution in [-0.4, -0.2) is 0 Å². The lowest BCUT2D eigenvalue weighted by Crippen LogP contribution is -2.04. The molecule has 0 saturated heterocycles. The summed E-state index contributed by atoms with van der Waals surface area (Å²) in [6, 6.07) is 6.22. The SMILES string of the molecule is Cc1ccc(C)c(C(N)S)c1. The summed E-state index contributed by atoms with van der Waals surface area (Å²) in [5.74, 6) is 0. The van der Waals surface area contributed by atoms with Gasteiger partial charge in [-0.05, 0) is 25.0 Å². The third-order valence-corrected chi connectivity index (χ3v) is 2.03. The van der Waals surface area contributed by atoms with Gasteiger partial charge in [0.2, 0.25) is 0 Å². The summed E-state index contributed by atoms with van der Waals surface area (Å²) in [6.45, 7) is 4.10. The van der Waals surface area contributed by atoms with Crippen LogP contribution in [0.15, 0.2) is 18.2 Å². The van der Waals surface area contributed by atoms with Gasteiger partial charge >= 0.3 is 0 Å². The smallest absolute Gasteiger partial charge is 0.0737 e. The molecule has 1 nitrogen and oxygen atoms in total. The van der Waals surface area contributed by atoms with Crippen molar-refractivity contribution < 1.29 is 0 Å². The molecule has 0 aliphatic carbocycles. The topological polar surface area (TPSA) is 26.0 Å². The second-order valence-corrected chi connectivity index (χ2v) is 3.36. The molecule has 0 heterocycles. The van der Waals surface area contributed by atoms with E-state index >= 15 is 0 Å². The van der Waals surface area contributed by atoms with Crippen LogP contribution < -0.4 is 5.73 Å². The van der Waals surface area contributed by atoms with Crippen LogP contribution in [0.5, 0.6) is 0 Å². The first kappa shape index (κ1) is 8.62. The zero-order valence-electron chi connectivity index (χ0n) is 6.83. The summed E-state index contributed by atoms with van der Waals surface area (Å²) >= 11 is 4.18. The van der Waals surface area contributed by atoms with Crippen molar-refractivity contribution in [1.82, 2.24) is 0 Å². The molecular weight excluding hydrogens is 154 g/mol. The van der Waals surface area contributed by atoms with Crippen molar-refractivity contribution in [3.63, 3.8) is 0 Å². The first-order chi connectivity index (χ1) is 5.11. The third kappa shape index (κ3) is 1.98. The summed E-state index contributed by atoms with van der Waals surface area (Å²) in [5, 5.41) is -0.158. The molecule has 2 N–H and O–H groups in total. The monoisotopic (exact) mass is 167 g/mol. The van der Waals surface area contributed by atoms with Crippen molar-refractivity contribution in [2.45, 2.75) is 19.2 Å². The highest BCUT2D eigenvalue weighted by molar-refractivity contribution is 7.80. The molecule has 60 valence electrons. The number of rotatable bonds is 1. The molecule has 11 heavy (non-hydrogen) atoms. The number of hydrogen-bond donors (Lipinski definition) is 2. The maximum atomic E-state index is 5.65. The number of hydrogen-bond acceptors (Lipinski definition) is 2. The van der Waals surface area contributed by atoms with E-state index in [9.17, 15) is 0 Å². The van der Waals surface area contributed by atoms with E-state index in [-0.39, 0.29) is 5.37 Å². The van der Waals surface area contributed by atoms with Gasteiger partial charge < -0.3 is 5.73 Å². The molecule has 0 amide bonds. The Morgan fingerprint density at radius 2 is 2.00 bits per heavy atom. The highest BCUT2D eigenvalue weighted by Gasteiger charge is 2.02. The molecule has 1 aromatic carbocycles. The Hall–Kier alpha value is -0.470. The van der Waals surface area contributed by atoms with E-state index in [1.54, 1.807) is 0 Å². The maximum Gasteiger partial charge on any atom is 0.0737 e. The van der Waals surface area contributed by atoms with Gasteiger partial charge in [-0.15, -0.1) is 0 Å². The summed E-state index contributed by atoms with van der Waals surface area (Å²) in [4.78, 5) is 0. The van der Waals surface area contributed by atoms with Gasteiger partial charge in [0.05, 0.1) is 5.37 Å². The molecule has 0 bridgehead atoms. The molecule has 0 aromatic heterocycles. The first-order valence-corrected chi connectivity index (χ1v) is 4.13. The summed E-state index contributed by atoms with van der Waals surface area (Å²) < 4.78 is 0. The molecule has 0 aliphatic heterocycles. The second-order valence-electron chi connectivity index (χ2n) is 2.80. The van der Waals surface area contributed by atoms with E-state index in [1.807, 2.05) is 6.92 Å². The van der Waals surface area contributed by atoms with Crippen LogP contribution in [0.1, 0.15) is 22.1 Å². The van der Waals surface area contributed by atoms with Crippen molar-refractivity contribution in [2.24, 2.45) is 5.73 Å². The van der Waals surface area contributed by atoms with Crippen LogP contribution in [0.3, 0.4) is 0 Å². The quantitative estimate of drug-likeness (QED) is 0.486. The van der Waals surface area contributed by atoms with Gasteiger partial charge in [0.1, 0.15) is 0 Å². The summed E-state index contributed by atoms with van der Waals surface area (Å²) in [5.41, 5.74) is 9.20. The predicted octanol–water partition coefficient (Wildman–Crippen LogP) is 2.19. The van der Waals surface area contributed by atoms with E-state index in [0.29, 0.717) is 0 Å². The molecular formula is C9H13NS. The molecule has 1 unspecified atom stereocenters. The number of aryl methyl sites for hydroxylation is 2. The Morgan fingerprint density at radius 1 is 1.36 bits per heavy atom. The molecule has 0 aliphatic rings. The van der Waals surface area contributed by atoms with Crippen molar-refractivity contribution in [3.8, 4) is 0 Å². The maximum absolute atomic E-state index is 5.65. The number of nitrogens with two attached hydrogens (primary N) is 1. The van der Waals surface area contributed by atoms with Crippen molar-refractivity contribution in [1.29, 1.82) is 0 Å². The van der Waals surface area contributed by atoms with Crippen molar-refractivity contribution in [3.05, 3.63) is 34.9 Å². The Morgan fingerprint density at radius 3 is 2.45 bits per heavy atom. The lowest BCUT2D eigenvalue weighted by atomic mass is 10.1. The van der Waals surface area contributed by atoms with Crippen molar-refractivity contribution in [2.75, 3.05) is 0 Å². The van der Waals surface area contributed by atoms with E-state index in [4.69, 9.17) is 5.73 Å². The average Bonchev–Trinajstić information content (AvgIpc) is 1.94. The van der Waals surface area contributed by atoms with E-state index in [1.165, 1.54) is 11.1 Å². The molecule has 0 fully saturated rings. The van der Waals surface area contributed by atoms with Crippen LogP contribution in [0.4, 0.5) is 0 Å². The fourth-order valence-electron chi connectivity index (χ4n) is 1.08. The number of benzene rings is 1. The minimum absolute atomic E-state index is 0.158. The lowest BCUT2D eigenvalue weighted by Gasteiger charge is -2.09. The molecule has 1 atom stereocenters. The number of thiol groups is 1. The highest BCUT2D eigenvalue weighted by atomic mass is 32.1. The predicted molar refractivity (Wildman–Crippen MR) is 51.8 cm³/mol. The molecule has 0 radical (unpaired) electrons. The fourth-order valence-corrected chi connectivity index (χ4v) is 1.36. The molecule has 0 spiro atoms. The van der Waals surface area contributed by atoms with Crippen LogP contribution in [0.25, 0.3) is 0 Å². The highest BCUT2D eigenvalue weighted by Crippen LogP contribution is 2.19. The van der Waals surface area contributed by atoms with Gasteiger partial charge in [-0.3, -0.25) is 0 Å². The normalized spacial score (nSPS) is 13.1. The third-order valence-electron chi connectivity index (χ3n) is 1.75. The Kier molecular flexibility index (Phi) is 2.58. The molecule has 1 aromatic rings. The second kappa shape index (κ2) is 3.28. The van der Waals surface area contributed by atoms with Crippen LogP contribution in [0.2, 0.25) is 0 Å². The minimum atomic E-state index is -0.158. The zero-order valence-corrected chi connectivity index (χ0v) is 7.73. The van der Waals surface area contributed by atoms with Gasteiger partial charge in [-0.25, -0.2) is 0 Å². The van der Waals surface area contributed by atoms with Gasteiger partial charge in [-0.1, -0.05) is 23.8 Å². The molecule has 0 saturated carbocycles. The van der Waals surface area contributed by atoms with E-state index < -0.39 is 0 Å².